The van der Waals surface area contributed by atoms with E-state index in [1.54, 1.807) is 0 Å². The Morgan fingerprint density at radius 2 is 2.21 bits per heavy atom. The van der Waals surface area contributed by atoms with Gasteiger partial charge in [-0.3, -0.25) is 9.89 Å². The van der Waals surface area contributed by atoms with Crippen LogP contribution in [0, 0.1) is 0 Å². The van der Waals surface area contributed by atoms with Crippen LogP contribution in [0.1, 0.15) is 30.7 Å². The lowest BCUT2D eigenvalue weighted by Gasteiger charge is -2.35. The van der Waals surface area contributed by atoms with Gasteiger partial charge in [-0.25, -0.2) is 0 Å². The van der Waals surface area contributed by atoms with Gasteiger partial charge < -0.3 is 15.0 Å². The average molecular weight is 466 g/mol. The molecular formula is C17H31IN4OS. The summed E-state index contributed by atoms with van der Waals surface area (Å²) in [5, 5.41) is 5.72. The Balaban J connectivity index is 0.00000288. The van der Waals surface area contributed by atoms with E-state index in [9.17, 15) is 0 Å². The number of guanidine groups is 1. The van der Waals surface area contributed by atoms with E-state index in [1.165, 1.54) is 17.7 Å². The standard InChI is InChI=1S/C17H30N4OS.HI/c1-4-5-8-20(3)17(18-2)19-14-15(16-7-6-13-23-16)21-9-11-22-12-10-21;/h6-7,13,15H,4-5,8-12,14H2,1-3H3,(H,18,19);1H. The summed E-state index contributed by atoms with van der Waals surface area (Å²) < 4.78 is 5.51. The number of aliphatic imine (C=N–C) groups is 1. The van der Waals surface area contributed by atoms with Gasteiger partial charge in [0.1, 0.15) is 0 Å². The molecule has 0 saturated carbocycles. The number of hydrogen-bond donors (Lipinski definition) is 1. The zero-order valence-electron chi connectivity index (χ0n) is 15.0. The number of hydrogen-bond acceptors (Lipinski definition) is 4. The number of nitrogens with one attached hydrogen (secondary N) is 1. The van der Waals surface area contributed by atoms with Gasteiger partial charge in [0.05, 0.1) is 19.3 Å². The molecule has 1 aromatic rings. The van der Waals surface area contributed by atoms with Gasteiger partial charge in [0.15, 0.2) is 5.96 Å². The molecule has 0 bridgehead atoms. The first kappa shape index (κ1) is 21.7. The van der Waals surface area contributed by atoms with Crippen molar-refractivity contribution >= 4 is 41.3 Å². The summed E-state index contributed by atoms with van der Waals surface area (Å²) in [4.78, 5) is 10.6. The summed E-state index contributed by atoms with van der Waals surface area (Å²) in [7, 11) is 3.97. The molecule has 138 valence electrons. The van der Waals surface area contributed by atoms with Gasteiger partial charge in [0.25, 0.3) is 0 Å². The summed E-state index contributed by atoms with van der Waals surface area (Å²) in [5.41, 5.74) is 0. The molecule has 1 fully saturated rings. The molecule has 0 aliphatic carbocycles. The number of nitrogens with zero attached hydrogens (tertiary/aromatic N) is 3. The first-order valence-corrected chi connectivity index (χ1v) is 9.41. The SMILES string of the molecule is CCCCN(C)C(=NC)NCC(c1cccs1)N1CCOCC1.I. The van der Waals surface area contributed by atoms with Crippen LogP contribution in [0.3, 0.4) is 0 Å². The first-order chi connectivity index (χ1) is 11.3. The van der Waals surface area contributed by atoms with E-state index >= 15 is 0 Å². The summed E-state index contributed by atoms with van der Waals surface area (Å²) in [6.07, 6.45) is 2.39. The summed E-state index contributed by atoms with van der Waals surface area (Å²) >= 11 is 1.83. The van der Waals surface area contributed by atoms with Crippen molar-refractivity contribution in [2.75, 3.05) is 53.5 Å². The molecule has 1 N–H and O–H groups in total. The summed E-state index contributed by atoms with van der Waals surface area (Å²) in [6.45, 7) is 7.78. The number of morpholine rings is 1. The lowest BCUT2D eigenvalue weighted by Crippen LogP contribution is -2.46. The Kier molecular flexibility index (Phi) is 10.9. The highest BCUT2D eigenvalue weighted by Crippen LogP contribution is 2.25. The number of unbranched alkanes of at least 4 members (excludes halogenated alkanes) is 1. The van der Waals surface area contributed by atoms with E-state index < -0.39 is 0 Å². The Labute approximate surface area is 167 Å². The summed E-state index contributed by atoms with van der Waals surface area (Å²) in [6, 6.07) is 4.75. The summed E-state index contributed by atoms with van der Waals surface area (Å²) in [5.74, 6) is 0.980. The van der Waals surface area contributed by atoms with Gasteiger partial charge in [0, 0.05) is 45.2 Å². The van der Waals surface area contributed by atoms with Crippen molar-refractivity contribution in [3.05, 3.63) is 22.4 Å². The van der Waals surface area contributed by atoms with Gasteiger partial charge in [-0.15, -0.1) is 35.3 Å². The monoisotopic (exact) mass is 466 g/mol. The molecule has 1 atom stereocenters. The third-order valence-electron chi connectivity index (χ3n) is 4.23. The molecule has 1 aromatic heterocycles. The Bertz CT molecular complexity index is 463. The highest BCUT2D eigenvalue weighted by atomic mass is 127. The molecule has 1 aliphatic rings. The highest BCUT2D eigenvalue weighted by molar-refractivity contribution is 14.0. The molecular weight excluding hydrogens is 435 g/mol. The van der Waals surface area contributed by atoms with Gasteiger partial charge in [0.2, 0.25) is 0 Å². The molecule has 0 radical (unpaired) electrons. The third kappa shape index (κ3) is 6.50. The fourth-order valence-electron chi connectivity index (χ4n) is 2.85. The second kappa shape index (κ2) is 12.1. The van der Waals surface area contributed by atoms with Crippen LogP contribution in [0.25, 0.3) is 0 Å². The maximum absolute atomic E-state index is 5.51. The highest BCUT2D eigenvalue weighted by Gasteiger charge is 2.23. The largest absolute Gasteiger partial charge is 0.379 e. The molecule has 24 heavy (non-hydrogen) atoms. The van der Waals surface area contributed by atoms with Crippen LogP contribution in [-0.2, 0) is 4.74 Å². The molecule has 1 aliphatic heterocycles. The van der Waals surface area contributed by atoms with Crippen molar-refractivity contribution < 1.29 is 4.74 Å². The lowest BCUT2D eigenvalue weighted by atomic mass is 10.2. The van der Waals surface area contributed by atoms with Crippen molar-refractivity contribution in [1.29, 1.82) is 0 Å². The Hall–Kier alpha value is -0.380. The van der Waals surface area contributed by atoms with Crippen LogP contribution in [0.15, 0.2) is 22.5 Å². The second-order valence-corrected chi connectivity index (χ2v) is 6.86. The fourth-order valence-corrected chi connectivity index (χ4v) is 3.71. The van der Waals surface area contributed by atoms with Crippen molar-refractivity contribution in [3.8, 4) is 0 Å². The van der Waals surface area contributed by atoms with E-state index in [0.29, 0.717) is 6.04 Å². The molecule has 0 spiro atoms. The van der Waals surface area contributed by atoms with Crippen molar-refractivity contribution in [1.82, 2.24) is 15.1 Å². The number of halogens is 1. The van der Waals surface area contributed by atoms with Crippen LogP contribution in [0.5, 0.6) is 0 Å². The van der Waals surface area contributed by atoms with Crippen molar-refractivity contribution in [2.45, 2.75) is 25.8 Å². The molecule has 5 nitrogen and oxygen atoms in total. The Morgan fingerprint density at radius 3 is 2.79 bits per heavy atom. The van der Waals surface area contributed by atoms with Gasteiger partial charge in [-0.05, 0) is 17.9 Å². The normalized spacial score (nSPS) is 17.2. The molecule has 2 rings (SSSR count). The molecule has 7 heteroatoms. The minimum atomic E-state index is 0. The van der Waals surface area contributed by atoms with Crippen molar-refractivity contribution in [2.24, 2.45) is 4.99 Å². The molecule has 0 aromatic carbocycles. The quantitative estimate of drug-likeness (QED) is 0.381. The van der Waals surface area contributed by atoms with Gasteiger partial charge >= 0.3 is 0 Å². The van der Waals surface area contributed by atoms with Crippen LogP contribution in [-0.4, -0.2) is 69.2 Å². The van der Waals surface area contributed by atoms with E-state index in [2.05, 4.69) is 51.6 Å². The fraction of sp³-hybridized carbons (Fsp3) is 0.706. The number of ether oxygens (including phenoxy) is 1. The molecule has 0 amide bonds. The predicted molar refractivity (Wildman–Crippen MR) is 114 cm³/mol. The van der Waals surface area contributed by atoms with E-state index in [0.717, 1.165) is 45.4 Å². The zero-order valence-corrected chi connectivity index (χ0v) is 18.2. The van der Waals surface area contributed by atoms with Gasteiger partial charge in [-0.1, -0.05) is 19.4 Å². The smallest absolute Gasteiger partial charge is 0.193 e. The maximum Gasteiger partial charge on any atom is 0.193 e. The first-order valence-electron chi connectivity index (χ1n) is 8.53. The van der Waals surface area contributed by atoms with Gasteiger partial charge in [-0.2, -0.15) is 0 Å². The number of rotatable bonds is 7. The minimum absolute atomic E-state index is 0. The number of thiophene rings is 1. The van der Waals surface area contributed by atoms with Crippen LogP contribution in [0.4, 0.5) is 0 Å². The van der Waals surface area contributed by atoms with Crippen molar-refractivity contribution in [3.63, 3.8) is 0 Å². The van der Waals surface area contributed by atoms with E-state index in [1.807, 2.05) is 18.4 Å². The van der Waals surface area contributed by atoms with E-state index in [4.69, 9.17) is 4.74 Å². The molecule has 2 heterocycles. The molecule has 1 unspecified atom stereocenters. The Morgan fingerprint density at radius 1 is 1.46 bits per heavy atom. The van der Waals surface area contributed by atoms with E-state index in [-0.39, 0.29) is 24.0 Å². The van der Waals surface area contributed by atoms with Crippen LogP contribution >= 0.6 is 35.3 Å². The average Bonchev–Trinajstić information content (AvgIpc) is 3.11. The minimum Gasteiger partial charge on any atom is -0.379 e. The maximum atomic E-state index is 5.51. The topological polar surface area (TPSA) is 40.1 Å². The molecule has 1 saturated heterocycles. The van der Waals surface area contributed by atoms with Crippen LogP contribution < -0.4 is 5.32 Å². The zero-order chi connectivity index (χ0) is 16.5. The second-order valence-electron chi connectivity index (χ2n) is 5.88. The third-order valence-corrected chi connectivity index (χ3v) is 5.21. The lowest BCUT2D eigenvalue weighted by molar-refractivity contribution is 0.0176. The van der Waals surface area contributed by atoms with Crippen LogP contribution in [0.2, 0.25) is 0 Å². The predicted octanol–water partition coefficient (Wildman–Crippen LogP) is 3.05.